The standard InChI is InChI=1S/C21H23N5O4/c1-29-12-13-30-21-18(6-3-8-23-21)25-20(28)16-4-2-5-17(14-16)24-19(27)7-10-26-11-9-22-15-26/h2-6,8-9,11,14-15H,7,10,12-13H2,1H3,(H,24,27)(H,25,28). The number of pyridine rings is 1. The molecule has 0 bridgehead atoms. The topological polar surface area (TPSA) is 107 Å². The highest BCUT2D eigenvalue weighted by Crippen LogP contribution is 2.22. The van der Waals surface area contributed by atoms with E-state index in [1.54, 1.807) is 68.4 Å². The number of aryl methyl sites for hydroxylation is 1. The molecule has 0 fully saturated rings. The van der Waals surface area contributed by atoms with E-state index < -0.39 is 0 Å². The molecule has 0 aliphatic heterocycles. The predicted molar refractivity (Wildman–Crippen MR) is 111 cm³/mol. The van der Waals surface area contributed by atoms with Crippen LogP contribution in [0.2, 0.25) is 0 Å². The van der Waals surface area contributed by atoms with E-state index in [1.165, 1.54) is 0 Å². The van der Waals surface area contributed by atoms with E-state index >= 15 is 0 Å². The lowest BCUT2D eigenvalue weighted by Gasteiger charge is -2.12. The molecule has 0 saturated carbocycles. The van der Waals surface area contributed by atoms with Gasteiger partial charge in [-0.1, -0.05) is 6.07 Å². The van der Waals surface area contributed by atoms with Crippen LogP contribution in [0.25, 0.3) is 0 Å². The van der Waals surface area contributed by atoms with Crippen molar-refractivity contribution in [3.63, 3.8) is 0 Å². The van der Waals surface area contributed by atoms with Gasteiger partial charge < -0.3 is 24.7 Å². The predicted octanol–water partition coefficient (Wildman–Crippen LogP) is 2.58. The molecule has 3 aromatic rings. The van der Waals surface area contributed by atoms with Crippen LogP contribution in [-0.2, 0) is 16.1 Å². The van der Waals surface area contributed by atoms with Gasteiger partial charge in [0.05, 0.1) is 12.9 Å². The zero-order chi connectivity index (χ0) is 21.2. The Hall–Kier alpha value is -3.72. The summed E-state index contributed by atoms with van der Waals surface area (Å²) in [7, 11) is 1.58. The molecule has 0 atom stereocenters. The normalized spacial score (nSPS) is 10.4. The SMILES string of the molecule is COCCOc1ncccc1NC(=O)c1cccc(NC(=O)CCn2ccnc2)c1. The highest BCUT2D eigenvalue weighted by atomic mass is 16.5. The first-order valence-electron chi connectivity index (χ1n) is 9.39. The Balaban J connectivity index is 1.60. The number of ether oxygens (including phenoxy) is 2. The number of aromatic nitrogens is 3. The maximum atomic E-state index is 12.7. The molecule has 0 spiro atoms. The van der Waals surface area contributed by atoms with Gasteiger partial charge in [0.2, 0.25) is 11.8 Å². The number of nitrogens with one attached hydrogen (secondary N) is 2. The molecule has 2 N–H and O–H groups in total. The maximum Gasteiger partial charge on any atom is 0.255 e. The van der Waals surface area contributed by atoms with E-state index in [2.05, 4.69) is 20.6 Å². The highest BCUT2D eigenvalue weighted by molar-refractivity contribution is 6.05. The van der Waals surface area contributed by atoms with Gasteiger partial charge >= 0.3 is 0 Å². The fourth-order valence-electron chi connectivity index (χ4n) is 2.63. The second-order valence-electron chi connectivity index (χ2n) is 6.33. The Morgan fingerprint density at radius 3 is 2.80 bits per heavy atom. The number of hydrogen-bond acceptors (Lipinski definition) is 6. The maximum absolute atomic E-state index is 12.7. The quantitative estimate of drug-likeness (QED) is 0.499. The number of amides is 2. The van der Waals surface area contributed by atoms with Gasteiger partial charge in [-0.05, 0) is 30.3 Å². The molecule has 9 heteroatoms. The highest BCUT2D eigenvalue weighted by Gasteiger charge is 2.12. The Labute approximate surface area is 174 Å². The molecule has 9 nitrogen and oxygen atoms in total. The summed E-state index contributed by atoms with van der Waals surface area (Å²) in [6.45, 7) is 1.25. The number of methoxy groups -OCH3 is 1. The van der Waals surface area contributed by atoms with E-state index in [9.17, 15) is 9.59 Å². The molecule has 0 aliphatic rings. The molecule has 156 valence electrons. The van der Waals surface area contributed by atoms with E-state index in [4.69, 9.17) is 9.47 Å². The van der Waals surface area contributed by atoms with Crippen molar-refractivity contribution in [1.82, 2.24) is 14.5 Å². The molecular formula is C21H23N5O4. The Bertz CT molecular complexity index is 975. The fourth-order valence-corrected chi connectivity index (χ4v) is 2.63. The summed E-state index contributed by atoms with van der Waals surface area (Å²) >= 11 is 0. The van der Waals surface area contributed by atoms with Gasteiger partial charge in [-0.2, -0.15) is 0 Å². The number of anilines is 2. The first-order valence-corrected chi connectivity index (χ1v) is 9.39. The monoisotopic (exact) mass is 409 g/mol. The minimum atomic E-state index is -0.339. The van der Waals surface area contributed by atoms with Crippen LogP contribution in [0.15, 0.2) is 61.3 Å². The zero-order valence-electron chi connectivity index (χ0n) is 16.6. The van der Waals surface area contributed by atoms with Crippen molar-refractivity contribution in [1.29, 1.82) is 0 Å². The van der Waals surface area contributed by atoms with E-state index in [0.717, 1.165) is 0 Å². The lowest BCUT2D eigenvalue weighted by Crippen LogP contribution is -2.16. The van der Waals surface area contributed by atoms with Crippen molar-refractivity contribution < 1.29 is 19.1 Å². The largest absolute Gasteiger partial charge is 0.474 e. The molecule has 0 saturated heterocycles. The zero-order valence-corrected chi connectivity index (χ0v) is 16.6. The van der Waals surface area contributed by atoms with Crippen molar-refractivity contribution in [3.05, 3.63) is 66.9 Å². The molecule has 0 unspecified atom stereocenters. The van der Waals surface area contributed by atoms with Crippen molar-refractivity contribution in [3.8, 4) is 5.88 Å². The first-order chi connectivity index (χ1) is 14.7. The lowest BCUT2D eigenvalue weighted by molar-refractivity contribution is -0.116. The van der Waals surface area contributed by atoms with Gasteiger partial charge in [0, 0.05) is 49.9 Å². The molecule has 1 aromatic carbocycles. The van der Waals surface area contributed by atoms with Crippen molar-refractivity contribution in [2.24, 2.45) is 0 Å². The van der Waals surface area contributed by atoms with Crippen LogP contribution in [0.3, 0.4) is 0 Å². The van der Waals surface area contributed by atoms with Crippen molar-refractivity contribution in [2.75, 3.05) is 31.0 Å². The van der Waals surface area contributed by atoms with Gasteiger partial charge in [-0.3, -0.25) is 9.59 Å². The summed E-state index contributed by atoms with van der Waals surface area (Å²) in [5.74, 6) is -0.177. The first kappa shape index (κ1) is 21.0. The number of carbonyl (C=O) groups is 2. The molecule has 3 rings (SSSR count). The summed E-state index contributed by atoms with van der Waals surface area (Å²) < 4.78 is 12.3. The van der Waals surface area contributed by atoms with Crippen LogP contribution in [0.4, 0.5) is 11.4 Å². The number of rotatable bonds is 10. The molecule has 0 radical (unpaired) electrons. The second kappa shape index (κ2) is 10.7. The molecule has 2 aromatic heterocycles. The van der Waals surface area contributed by atoms with Gasteiger partial charge in [-0.15, -0.1) is 0 Å². The lowest BCUT2D eigenvalue weighted by atomic mass is 10.2. The summed E-state index contributed by atoms with van der Waals surface area (Å²) in [5, 5.41) is 5.59. The average Bonchev–Trinajstić information content (AvgIpc) is 3.27. The Kier molecular flexibility index (Phi) is 7.51. The summed E-state index contributed by atoms with van der Waals surface area (Å²) in [4.78, 5) is 32.9. The number of hydrogen-bond donors (Lipinski definition) is 2. The van der Waals surface area contributed by atoms with Crippen molar-refractivity contribution >= 4 is 23.2 Å². The molecule has 30 heavy (non-hydrogen) atoms. The van der Waals surface area contributed by atoms with Gasteiger partial charge in [0.25, 0.3) is 5.91 Å². The minimum absolute atomic E-state index is 0.151. The second-order valence-corrected chi connectivity index (χ2v) is 6.33. The van der Waals surface area contributed by atoms with Gasteiger partial charge in [-0.25, -0.2) is 9.97 Å². The smallest absolute Gasteiger partial charge is 0.255 e. The summed E-state index contributed by atoms with van der Waals surface area (Å²) in [6, 6.07) is 10.1. The van der Waals surface area contributed by atoms with E-state index in [1.807, 2.05) is 4.57 Å². The van der Waals surface area contributed by atoms with Gasteiger partial charge in [0.1, 0.15) is 12.3 Å². The summed E-state index contributed by atoms with van der Waals surface area (Å²) in [6.07, 6.45) is 6.99. The fraction of sp³-hybridized carbons (Fsp3) is 0.238. The average molecular weight is 409 g/mol. The third kappa shape index (κ3) is 6.14. The number of benzene rings is 1. The van der Waals surface area contributed by atoms with Crippen LogP contribution in [-0.4, -0.2) is 46.7 Å². The van der Waals surface area contributed by atoms with Gasteiger partial charge in [0.15, 0.2) is 0 Å². The third-order valence-electron chi connectivity index (χ3n) is 4.11. The number of imidazole rings is 1. The minimum Gasteiger partial charge on any atom is -0.474 e. The van der Waals surface area contributed by atoms with E-state index in [0.29, 0.717) is 49.0 Å². The Morgan fingerprint density at radius 2 is 2.00 bits per heavy atom. The van der Waals surface area contributed by atoms with Crippen LogP contribution >= 0.6 is 0 Å². The molecule has 2 amide bonds. The van der Waals surface area contributed by atoms with Crippen LogP contribution in [0, 0.1) is 0 Å². The van der Waals surface area contributed by atoms with Crippen LogP contribution in [0.5, 0.6) is 5.88 Å². The number of nitrogens with zero attached hydrogens (tertiary/aromatic N) is 3. The third-order valence-corrected chi connectivity index (χ3v) is 4.11. The van der Waals surface area contributed by atoms with E-state index in [-0.39, 0.29) is 11.8 Å². The van der Waals surface area contributed by atoms with Crippen molar-refractivity contribution in [2.45, 2.75) is 13.0 Å². The summed E-state index contributed by atoms with van der Waals surface area (Å²) in [5.41, 5.74) is 1.39. The molecular weight excluding hydrogens is 386 g/mol. The van der Waals surface area contributed by atoms with Crippen LogP contribution in [0.1, 0.15) is 16.8 Å². The molecule has 2 heterocycles. The Morgan fingerprint density at radius 1 is 1.10 bits per heavy atom. The van der Waals surface area contributed by atoms with Crippen LogP contribution < -0.4 is 15.4 Å². The number of carbonyl (C=O) groups excluding carboxylic acids is 2. The molecule has 0 aliphatic carbocycles.